The van der Waals surface area contributed by atoms with Crippen LogP contribution in [0.2, 0.25) is 0 Å². The van der Waals surface area contributed by atoms with Crippen LogP contribution in [0.1, 0.15) is 32.1 Å². The van der Waals surface area contributed by atoms with Gasteiger partial charge in [0.05, 0.1) is 10.1 Å². The Hall–Kier alpha value is -0.900. The predicted octanol–water partition coefficient (Wildman–Crippen LogP) is 2.93. The van der Waals surface area contributed by atoms with E-state index in [1.54, 1.807) is 0 Å². The third kappa shape index (κ3) is 2.26. The molecule has 0 bridgehead atoms. The molecule has 0 spiro atoms. The van der Waals surface area contributed by atoms with Gasteiger partial charge in [-0.05, 0) is 31.0 Å². The average Bonchev–Trinajstić information content (AvgIpc) is 2.30. The van der Waals surface area contributed by atoms with Crippen molar-refractivity contribution in [2.75, 3.05) is 0 Å². The number of hydrogen-bond acceptors (Lipinski definition) is 2. The van der Waals surface area contributed by atoms with Crippen LogP contribution in [0.3, 0.4) is 0 Å². The summed E-state index contributed by atoms with van der Waals surface area (Å²) in [6.07, 6.45) is 4.44. The van der Waals surface area contributed by atoms with E-state index < -0.39 is 15.7 Å². The molecule has 0 aliphatic heterocycles. The Morgan fingerprint density at radius 3 is 2.44 bits per heavy atom. The molecule has 0 atom stereocenters. The van der Waals surface area contributed by atoms with Crippen LogP contribution in [0.5, 0.6) is 0 Å². The molecule has 2 rings (SSSR count). The highest BCUT2D eigenvalue weighted by Gasteiger charge is 2.28. The predicted molar refractivity (Wildman–Crippen MR) is 60.5 cm³/mol. The summed E-state index contributed by atoms with van der Waals surface area (Å²) in [7, 11) is -3.32. The quantitative estimate of drug-likeness (QED) is 0.799. The van der Waals surface area contributed by atoms with Crippen molar-refractivity contribution in [1.82, 2.24) is 0 Å². The monoisotopic (exact) mass is 242 g/mol. The van der Waals surface area contributed by atoms with Gasteiger partial charge >= 0.3 is 0 Å². The van der Waals surface area contributed by atoms with Crippen LogP contribution in [-0.2, 0) is 9.84 Å². The molecule has 1 saturated carbocycles. The number of benzene rings is 1. The molecule has 0 unspecified atom stereocenters. The Bertz CT molecular complexity index is 462. The van der Waals surface area contributed by atoms with E-state index in [1.165, 1.54) is 18.2 Å². The Kier molecular flexibility index (Phi) is 3.28. The first-order valence-electron chi connectivity index (χ1n) is 5.60. The van der Waals surface area contributed by atoms with Crippen molar-refractivity contribution < 1.29 is 12.8 Å². The maximum atomic E-state index is 13.0. The van der Waals surface area contributed by atoms with Crippen LogP contribution in [-0.4, -0.2) is 13.7 Å². The third-order valence-corrected chi connectivity index (χ3v) is 5.38. The van der Waals surface area contributed by atoms with Crippen molar-refractivity contribution in [2.45, 2.75) is 42.2 Å². The van der Waals surface area contributed by atoms with Gasteiger partial charge in [-0.1, -0.05) is 25.3 Å². The van der Waals surface area contributed by atoms with Gasteiger partial charge in [-0.25, -0.2) is 12.8 Å². The molecule has 0 amide bonds. The summed E-state index contributed by atoms with van der Waals surface area (Å²) < 4.78 is 37.3. The third-order valence-electron chi connectivity index (χ3n) is 3.12. The molecule has 1 fully saturated rings. The lowest BCUT2D eigenvalue weighted by Crippen LogP contribution is -2.24. The summed E-state index contributed by atoms with van der Waals surface area (Å²) in [5.41, 5.74) is 0. The standard InChI is InChI=1S/C12H15FO2S/c13-10-5-4-8-12(9-10)16(14,15)11-6-2-1-3-7-11/h4-5,8-9,11H,1-3,6-7H2. The molecule has 2 nitrogen and oxygen atoms in total. The van der Waals surface area contributed by atoms with E-state index in [4.69, 9.17) is 0 Å². The van der Waals surface area contributed by atoms with Crippen LogP contribution >= 0.6 is 0 Å². The first-order chi connectivity index (χ1) is 7.60. The average molecular weight is 242 g/mol. The van der Waals surface area contributed by atoms with Crippen molar-refractivity contribution in [3.8, 4) is 0 Å². The first-order valence-corrected chi connectivity index (χ1v) is 7.15. The maximum Gasteiger partial charge on any atom is 0.181 e. The maximum absolute atomic E-state index is 13.0. The highest BCUT2D eigenvalue weighted by Crippen LogP contribution is 2.28. The van der Waals surface area contributed by atoms with Crippen LogP contribution in [0.4, 0.5) is 4.39 Å². The highest BCUT2D eigenvalue weighted by molar-refractivity contribution is 7.92. The zero-order valence-electron chi connectivity index (χ0n) is 9.02. The minimum absolute atomic E-state index is 0.124. The Morgan fingerprint density at radius 2 is 1.81 bits per heavy atom. The van der Waals surface area contributed by atoms with E-state index in [9.17, 15) is 12.8 Å². The summed E-state index contributed by atoms with van der Waals surface area (Å²) in [4.78, 5) is 0.124. The van der Waals surface area contributed by atoms with Crippen LogP contribution in [0.25, 0.3) is 0 Å². The van der Waals surface area contributed by atoms with E-state index in [0.717, 1.165) is 25.3 Å². The first kappa shape index (κ1) is 11.6. The van der Waals surface area contributed by atoms with Gasteiger partial charge in [0.25, 0.3) is 0 Å². The largest absolute Gasteiger partial charge is 0.223 e. The fourth-order valence-corrected chi connectivity index (χ4v) is 4.10. The van der Waals surface area contributed by atoms with Gasteiger partial charge in [0.15, 0.2) is 9.84 Å². The number of halogens is 1. The molecule has 1 aliphatic carbocycles. The Morgan fingerprint density at radius 1 is 1.12 bits per heavy atom. The molecule has 4 heteroatoms. The fraction of sp³-hybridized carbons (Fsp3) is 0.500. The Labute approximate surface area is 95.4 Å². The number of rotatable bonds is 2. The molecule has 0 N–H and O–H groups in total. The molecule has 0 saturated heterocycles. The molecular weight excluding hydrogens is 227 g/mol. The highest BCUT2D eigenvalue weighted by atomic mass is 32.2. The molecule has 1 aliphatic rings. The van der Waals surface area contributed by atoms with Gasteiger partial charge in [-0.3, -0.25) is 0 Å². The van der Waals surface area contributed by atoms with E-state index in [0.29, 0.717) is 12.8 Å². The van der Waals surface area contributed by atoms with Gasteiger partial charge in [0, 0.05) is 0 Å². The molecule has 1 aromatic rings. The second-order valence-corrected chi connectivity index (χ2v) is 6.49. The minimum atomic E-state index is -3.32. The van der Waals surface area contributed by atoms with Gasteiger partial charge in [-0.2, -0.15) is 0 Å². The van der Waals surface area contributed by atoms with Gasteiger partial charge in [0.1, 0.15) is 5.82 Å². The normalized spacial score (nSPS) is 18.6. The topological polar surface area (TPSA) is 34.1 Å². The van der Waals surface area contributed by atoms with Crippen LogP contribution in [0.15, 0.2) is 29.2 Å². The summed E-state index contributed by atoms with van der Waals surface area (Å²) in [5, 5.41) is -0.317. The van der Waals surface area contributed by atoms with Crippen LogP contribution < -0.4 is 0 Å². The smallest absolute Gasteiger partial charge is 0.181 e. The van der Waals surface area contributed by atoms with Crippen molar-refractivity contribution in [2.24, 2.45) is 0 Å². The van der Waals surface area contributed by atoms with E-state index in [1.807, 2.05) is 0 Å². The van der Waals surface area contributed by atoms with Crippen LogP contribution in [0, 0.1) is 5.82 Å². The molecule has 0 aromatic heterocycles. The van der Waals surface area contributed by atoms with Crippen molar-refractivity contribution in [3.05, 3.63) is 30.1 Å². The summed E-state index contributed by atoms with van der Waals surface area (Å²) >= 11 is 0. The lowest BCUT2D eigenvalue weighted by atomic mass is 10.0. The molecular formula is C12H15FO2S. The molecule has 0 radical (unpaired) electrons. The fourth-order valence-electron chi connectivity index (χ4n) is 2.21. The zero-order chi connectivity index (χ0) is 11.6. The minimum Gasteiger partial charge on any atom is -0.223 e. The number of hydrogen-bond donors (Lipinski definition) is 0. The summed E-state index contributed by atoms with van der Waals surface area (Å²) in [6.45, 7) is 0. The lowest BCUT2D eigenvalue weighted by Gasteiger charge is -2.21. The molecule has 1 aromatic carbocycles. The van der Waals surface area contributed by atoms with E-state index >= 15 is 0 Å². The number of sulfone groups is 1. The molecule has 16 heavy (non-hydrogen) atoms. The summed E-state index contributed by atoms with van der Waals surface area (Å²) in [6, 6.07) is 5.31. The van der Waals surface area contributed by atoms with Crippen molar-refractivity contribution >= 4 is 9.84 Å². The van der Waals surface area contributed by atoms with Gasteiger partial charge in [-0.15, -0.1) is 0 Å². The van der Waals surface area contributed by atoms with Crippen molar-refractivity contribution in [3.63, 3.8) is 0 Å². The van der Waals surface area contributed by atoms with Gasteiger partial charge in [0.2, 0.25) is 0 Å². The molecule has 88 valence electrons. The summed E-state index contributed by atoms with van der Waals surface area (Å²) in [5.74, 6) is -0.489. The lowest BCUT2D eigenvalue weighted by molar-refractivity contribution is 0.483. The second kappa shape index (κ2) is 4.53. The Balaban J connectivity index is 2.30. The van der Waals surface area contributed by atoms with Gasteiger partial charge < -0.3 is 0 Å². The second-order valence-electron chi connectivity index (χ2n) is 4.26. The SMILES string of the molecule is O=S(=O)(c1cccc(F)c1)C1CCCCC1. The van der Waals surface area contributed by atoms with E-state index in [-0.39, 0.29) is 10.1 Å². The van der Waals surface area contributed by atoms with Crippen molar-refractivity contribution in [1.29, 1.82) is 0 Å². The zero-order valence-corrected chi connectivity index (χ0v) is 9.84. The molecule has 0 heterocycles. The van der Waals surface area contributed by atoms with E-state index in [2.05, 4.69) is 0 Å².